The van der Waals surface area contributed by atoms with Crippen LogP contribution in [0.1, 0.15) is 95.0 Å². The molecule has 0 unspecified atom stereocenters. The molecule has 3 heterocycles. The van der Waals surface area contributed by atoms with Crippen LogP contribution in [0, 0.1) is 25.1 Å². The van der Waals surface area contributed by atoms with Gasteiger partial charge in [0.2, 0.25) is 0 Å². The van der Waals surface area contributed by atoms with Crippen molar-refractivity contribution in [2.45, 2.75) is 105 Å². The molecule has 2 atom stereocenters. The molecule has 3 aromatic rings. The van der Waals surface area contributed by atoms with E-state index in [-0.39, 0.29) is 11.2 Å². The standard InChI is InChI=1S/C37H47FN2O4/c1-23-30(27-11-14-29-26(21-27)15-16-37(8,43-29)22-25-9-12-28(38)13-10-25)32(40-19-17-36(6,7)18-20-40)31(24(2)39-23)33(34(41)42)44-35(3,4)5/h9-14,21,33H,15-20,22H2,1-8H3,(H,41,42)/t33-,37+/m0/s1. The number of aliphatic carboxylic acids is 1. The average Bonchev–Trinajstić information content (AvgIpc) is 2.92. The lowest BCUT2D eigenvalue weighted by atomic mass is 9.81. The summed E-state index contributed by atoms with van der Waals surface area (Å²) in [5.41, 5.74) is 6.38. The van der Waals surface area contributed by atoms with Crippen LogP contribution >= 0.6 is 0 Å². The van der Waals surface area contributed by atoms with Gasteiger partial charge in [-0.1, -0.05) is 32.0 Å². The van der Waals surface area contributed by atoms with Gasteiger partial charge in [-0.25, -0.2) is 9.18 Å². The minimum atomic E-state index is -1.15. The number of hydrogen-bond donors (Lipinski definition) is 1. The molecule has 1 N–H and O–H groups in total. The van der Waals surface area contributed by atoms with Gasteiger partial charge in [0.25, 0.3) is 0 Å². The first kappa shape index (κ1) is 32.0. The summed E-state index contributed by atoms with van der Waals surface area (Å²) in [6.45, 7) is 17.9. The van der Waals surface area contributed by atoms with Crippen LogP contribution in [0.25, 0.3) is 11.1 Å². The van der Waals surface area contributed by atoms with Crippen molar-refractivity contribution < 1.29 is 23.8 Å². The zero-order valence-corrected chi connectivity index (χ0v) is 27.5. The molecule has 1 saturated heterocycles. The molecule has 6 nitrogen and oxygen atoms in total. The van der Waals surface area contributed by atoms with Crippen molar-refractivity contribution in [1.29, 1.82) is 0 Å². The van der Waals surface area contributed by atoms with E-state index in [1.807, 2.05) is 52.8 Å². The monoisotopic (exact) mass is 602 g/mol. The normalized spacial score (nSPS) is 20.5. The Hall–Kier alpha value is -3.45. The van der Waals surface area contributed by atoms with Crippen LogP contribution in [0.3, 0.4) is 0 Å². The van der Waals surface area contributed by atoms with Crippen LogP contribution in [0.15, 0.2) is 42.5 Å². The van der Waals surface area contributed by atoms with Crippen molar-refractivity contribution in [3.05, 3.63) is 76.4 Å². The second kappa shape index (κ2) is 11.8. The smallest absolute Gasteiger partial charge is 0.337 e. The van der Waals surface area contributed by atoms with Crippen molar-refractivity contribution in [3.63, 3.8) is 0 Å². The fourth-order valence-electron chi connectivity index (χ4n) is 6.66. The van der Waals surface area contributed by atoms with E-state index in [0.29, 0.717) is 17.7 Å². The van der Waals surface area contributed by atoms with Gasteiger partial charge in [0.05, 0.1) is 11.3 Å². The van der Waals surface area contributed by atoms with Crippen molar-refractivity contribution in [3.8, 4) is 16.9 Å². The van der Waals surface area contributed by atoms with E-state index in [4.69, 9.17) is 14.5 Å². The van der Waals surface area contributed by atoms with Crippen LogP contribution in [0.2, 0.25) is 0 Å². The predicted octanol–water partition coefficient (Wildman–Crippen LogP) is 8.40. The number of aromatic nitrogens is 1. The molecule has 0 radical (unpaired) electrons. The summed E-state index contributed by atoms with van der Waals surface area (Å²) in [5, 5.41) is 10.5. The summed E-state index contributed by atoms with van der Waals surface area (Å²) in [6.07, 6.45) is 3.22. The highest BCUT2D eigenvalue weighted by molar-refractivity contribution is 5.88. The molecule has 44 heavy (non-hydrogen) atoms. The summed E-state index contributed by atoms with van der Waals surface area (Å²) in [6, 6.07) is 12.9. The lowest BCUT2D eigenvalue weighted by molar-refractivity contribution is -0.160. The Kier molecular flexibility index (Phi) is 8.58. The van der Waals surface area contributed by atoms with E-state index in [0.717, 1.165) is 78.2 Å². The number of nitrogens with zero attached hydrogens (tertiary/aromatic N) is 2. The van der Waals surface area contributed by atoms with Gasteiger partial charge in [-0.15, -0.1) is 0 Å². The number of hydrogen-bond acceptors (Lipinski definition) is 5. The first-order valence-electron chi connectivity index (χ1n) is 15.8. The lowest BCUT2D eigenvalue weighted by Crippen LogP contribution is -2.39. The van der Waals surface area contributed by atoms with Crippen LogP contribution in [0.5, 0.6) is 5.75 Å². The first-order valence-corrected chi connectivity index (χ1v) is 15.8. The SMILES string of the molecule is Cc1nc(C)c([C@H](OC(C)(C)C)C(=O)O)c(N2CCC(C)(C)CC2)c1-c1ccc2c(c1)CC[C@](C)(Cc1ccc(F)cc1)O2. The van der Waals surface area contributed by atoms with Gasteiger partial charge in [-0.3, -0.25) is 4.98 Å². The van der Waals surface area contributed by atoms with Crippen LogP contribution in [-0.4, -0.2) is 40.4 Å². The van der Waals surface area contributed by atoms with Gasteiger partial charge in [0.15, 0.2) is 6.10 Å². The van der Waals surface area contributed by atoms with Crippen molar-refractivity contribution in [2.75, 3.05) is 18.0 Å². The Bertz CT molecular complexity index is 1530. The van der Waals surface area contributed by atoms with Gasteiger partial charge >= 0.3 is 5.97 Å². The first-order chi connectivity index (χ1) is 20.5. The zero-order valence-electron chi connectivity index (χ0n) is 27.5. The van der Waals surface area contributed by atoms with Crippen molar-refractivity contribution in [2.24, 2.45) is 5.41 Å². The second-order valence-electron chi connectivity index (χ2n) is 14.7. The molecule has 1 aromatic heterocycles. The maximum Gasteiger partial charge on any atom is 0.337 e. The highest BCUT2D eigenvalue weighted by atomic mass is 19.1. The quantitative estimate of drug-likeness (QED) is 0.293. The molecule has 2 aliphatic heterocycles. The average molecular weight is 603 g/mol. The zero-order chi connectivity index (χ0) is 32.0. The predicted molar refractivity (Wildman–Crippen MR) is 173 cm³/mol. The number of ether oxygens (including phenoxy) is 2. The number of carboxylic acids is 1. The number of fused-ring (bicyclic) bond motifs is 1. The van der Waals surface area contributed by atoms with Gasteiger partial charge in [0, 0.05) is 42.0 Å². The maximum absolute atomic E-state index is 13.5. The van der Waals surface area contributed by atoms with Crippen molar-refractivity contribution >= 4 is 11.7 Å². The Morgan fingerprint density at radius 2 is 1.70 bits per heavy atom. The molecule has 1 fully saturated rings. The summed E-state index contributed by atoms with van der Waals surface area (Å²) in [5.74, 6) is -0.404. The topological polar surface area (TPSA) is 71.9 Å². The summed E-state index contributed by atoms with van der Waals surface area (Å²) >= 11 is 0. The molecule has 0 amide bonds. The van der Waals surface area contributed by atoms with Gasteiger partial charge < -0.3 is 19.5 Å². The molecule has 5 rings (SSSR count). The minimum Gasteiger partial charge on any atom is -0.487 e. The van der Waals surface area contributed by atoms with Crippen LogP contribution < -0.4 is 9.64 Å². The third kappa shape index (κ3) is 6.93. The van der Waals surface area contributed by atoms with E-state index >= 15 is 0 Å². The molecule has 0 aliphatic carbocycles. The second-order valence-corrected chi connectivity index (χ2v) is 14.7. The Labute approximate surface area is 261 Å². The van der Waals surface area contributed by atoms with E-state index in [1.165, 1.54) is 12.1 Å². The molecule has 0 spiro atoms. The molecular formula is C37H47FN2O4. The summed E-state index contributed by atoms with van der Waals surface area (Å²) in [4.78, 5) is 20.1. The van der Waals surface area contributed by atoms with Gasteiger partial charge in [-0.2, -0.15) is 0 Å². The van der Waals surface area contributed by atoms with E-state index in [2.05, 4.69) is 37.8 Å². The molecular weight excluding hydrogens is 555 g/mol. The largest absolute Gasteiger partial charge is 0.487 e. The fraction of sp³-hybridized carbons (Fsp3) is 0.514. The number of aryl methyl sites for hydroxylation is 3. The Balaban J connectivity index is 1.58. The Morgan fingerprint density at radius 3 is 2.32 bits per heavy atom. The van der Waals surface area contributed by atoms with E-state index < -0.39 is 23.3 Å². The van der Waals surface area contributed by atoms with Crippen LogP contribution in [-0.2, 0) is 22.4 Å². The number of anilines is 1. The summed E-state index contributed by atoms with van der Waals surface area (Å²) < 4.78 is 26.3. The molecule has 236 valence electrons. The third-order valence-corrected chi connectivity index (χ3v) is 9.09. The van der Waals surface area contributed by atoms with Crippen LogP contribution in [0.4, 0.5) is 10.1 Å². The molecule has 0 saturated carbocycles. The number of halogens is 1. The molecule has 2 aromatic carbocycles. The van der Waals surface area contributed by atoms with Gasteiger partial charge in [-0.05, 0) is 114 Å². The molecule has 7 heteroatoms. The minimum absolute atomic E-state index is 0.228. The number of pyridine rings is 1. The summed E-state index contributed by atoms with van der Waals surface area (Å²) in [7, 11) is 0. The highest BCUT2D eigenvalue weighted by Gasteiger charge is 2.37. The number of piperidine rings is 1. The third-order valence-electron chi connectivity index (χ3n) is 9.09. The number of carbonyl (C=O) groups is 1. The molecule has 2 aliphatic rings. The van der Waals surface area contributed by atoms with Gasteiger partial charge in [0.1, 0.15) is 17.2 Å². The Morgan fingerprint density at radius 1 is 1.05 bits per heavy atom. The van der Waals surface area contributed by atoms with E-state index in [9.17, 15) is 14.3 Å². The fourth-order valence-corrected chi connectivity index (χ4v) is 6.66. The number of carboxylic acid groups (broad SMARTS) is 1. The van der Waals surface area contributed by atoms with E-state index in [1.54, 1.807) is 0 Å². The number of rotatable bonds is 7. The lowest BCUT2D eigenvalue weighted by Gasteiger charge is -2.41. The number of benzene rings is 2. The highest BCUT2D eigenvalue weighted by Crippen LogP contribution is 2.46. The maximum atomic E-state index is 13.5. The van der Waals surface area contributed by atoms with Crippen molar-refractivity contribution in [1.82, 2.24) is 4.98 Å². The molecule has 0 bridgehead atoms.